The Labute approximate surface area is 165 Å². The molecule has 0 saturated carbocycles. The Morgan fingerprint density at radius 2 is 1.46 bits per heavy atom. The first kappa shape index (κ1) is 19.1. The minimum atomic E-state index is -0.459. The molecule has 0 aliphatic carbocycles. The number of hydrazine groups is 1. The van der Waals surface area contributed by atoms with E-state index in [2.05, 4.69) is 16.2 Å². The van der Waals surface area contributed by atoms with Crippen LogP contribution < -0.4 is 16.2 Å². The molecule has 6 nitrogen and oxygen atoms in total. The molecule has 28 heavy (non-hydrogen) atoms. The lowest BCUT2D eigenvalue weighted by atomic mass is 10.1. The van der Waals surface area contributed by atoms with Crippen molar-refractivity contribution >= 4 is 40.8 Å². The van der Waals surface area contributed by atoms with E-state index in [1.165, 1.54) is 17.4 Å². The third-order valence-corrected chi connectivity index (χ3v) is 4.52. The van der Waals surface area contributed by atoms with E-state index in [1.54, 1.807) is 54.6 Å². The fourth-order valence-corrected chi connectivity index (χ4v) is 2.89. The topological polar surface area (TPSA) is 87.3 Å². The Morgan fingerprint density at radius 3 is 2.14 bits per heavy atom. The van der Waals surface area contributed by atoms with Crippen molar-refractivity contribution in [3.63, 3.8) is 0 Å². The molecule has 1 aromatic heterocycles. The van der Waals surface area contributed by atoms with Gasteiger partial charge < -0.3 is 5.32 Å². The minimum absolute atomic E-state index is 0.234. The van der Waals surface area contributed by atoms with Crippen molar-refractivity contribution in [1.82, 2.24) is 10.9 Å². The predicted molar refractivity (Wildman–Crippen MR) is 110 cm³/mol. The van der Waals surface area contributed by atoms with E-state index >= 15 is 0 Å². The molecule has 0 saturated heterocycles. The largest absolute Gasteiger partial charge is 0.322 e. The summed E-state index contributed by atoms with van der Waals surface area (Å²) in [5, 5.41) is 4.66. The Balaban J connectivity index is 1.50. The van der Waals surface area contributed by atoms with Crippen molar-refractivity contribution in [2.75, 3.05) is 5.32 Å². The molecule has 1 heterocycles. The molecular formula is C21H17N3O3S. The van der Waals surface area contributed by atoms with Crippen LogP contribution in [0, 0.1) is 0 Å². The van der Waals surface area contributed by atoms with Crippen LogP contribution in [0.15, 0.2) is 78.2 Å². The molecule has 2 aromatic carbocycles. The summed E-state index contributed by atoms with van der Waals surface area (Å²) in [5.41, 5.74) is 6.12. The van der Waals surface area contributed by atoms with Crippen LogP contribution in [0.25, 0.3) is 6.08 Å². The van der Waals surface area contributed by atoms with Gasteiger partial charge in [-0.15, -0.1) is 11.3 Å². The lowest BCUT2D eigenvalue weighted by Gasteiger charge is -2.08. The minimum Gasteiger partial charge on any atom is -0.322 e. The molecule has 140 valence electrons. The van der Waals surface area contributed by atoms with Gasteiger partial charge in [0.25, 0.3) is 17.7 Å². The van der Waals surface area contributed by atoms with E-state index in [1.807, 2.05) is 23.6 Å². The highest BCUT2D eigenvalue weighted by atomic mass is 32.1. The number of hydrogen-bond acceptors (Lipinski definition) is 4. The van der Waals surface area contributed by atoms with E-state index in [0.717, 1.165) is 4.88 Å². The molecule has 3 N–H and O–H groups in total. The maximum Gasteiger partial charge on any atom is 0.269 e. The number of carbonyl (C=O) groups is 3. The summed E-state index contributed by atoms with van der Waals surface area (Å²) in [6.45, 7) is 0. The number of thiophene rings is 1. The van der Waals surface area contributed by atoms with E-state index < -0.39 is 11.8 Å². The summed E-state index contributed by atoms with van der Waals surface area (Å²) in [6.07, 6.45) is 3.00. The Hall–Kier alpha value is -3.71. The average molecular weight is 391 g/mol. The van der Waals surface area contributed by atoms with Crippen LogP contribution in [0.3, 0.4) is 0 Å². The van der Waals surface area contributed by atoms with E-state index in [4.69, 9.17) is 0 Å². The molecule has 0 fully saturated rings. The molecular weight excluding hydrogens is 374 g/mol. The summed E-state index contributed by atoms with van der Waals surface area (Å²) in [5.74, 6) is -1.13. The zero-order valence-electron chi connectivity index (χ0n) is 14.7. The second-order valence-electron chi connectivity index (χ2n) is 5.69. The molecule has 0 aliphatic heterocycles. The second kappa shape index (κ2) is 9.29. The maximum atomic E-state index is 12.1. The molecule has 0 aliphatic rings. The summed E-state index contributed by atoms with van der Waals surface area (Å²) >= 11 is 1.51. The van der Waals surface area contributed by atoms with Gasteiger partial charge in [-0.25, -0.2) is 0 Å². The summed E-state index contributed by atoms with van der Waals surface area (Å²) in [4.78, 5) is 36.9. The molecule has 0 spiro atoms. The third kappa shape index (κ3) is 5.39. The molecule has 3 rings (SSSR count). The highest BCUT2D eigenvalue weighted by molar-refractivity contribution is 7.10. The first-order chi connectivity index (χ1) is 13.6. The number of nitrogens with one attached hydrogen (secondary N) is 3. The molecule has 3 amide bonds. The lowest BCUT2D eigenvalue weighted by Crippen LogP contribution is -2.40. The van der Waals surface area contributed by atoms with Crippen molar-refractivity contribution < 1.29 is 14.4 Å². The van der Waals surface area contributed by atoms with Gasteiger partial charge in [-0.1, -0.05) is 24.3 Å². The number of amides is 3. The van der Waals surface area contributed by atoms with E-state index in [9.17, 15) is 14.4 Å². The normalized spacial score (nSPS) is 10.4. The van der Waals surface area contributed by atoms with Crippen LogP contribution in [0.1, 0.15) is 25.6 Å². The standard InChI is InChI=1S/C21H17N3O3S/c25-19(13-12-18-7-4-14-28-18)23-24-21(27)16-8-10-17(11-9-16)22-20(26)15-5-2-1-3-6-15/h1-14H,(H,22,26)(H,23,25)(H,24,27)/b13-12+. The molecule has 0 radical (unpaired) electrons. The number of anilines is 1. The van der Waals surface area contributed by atoms with Gasteiger partial charge in [0.15, 0.2) is 0 Å². The quantitative estimate of drug-likeness (QED) is 0.460. The number of hydrogen-bond donors (Lipinski definition) is 3. The third-order valence-electron chi connectivity index (χ3n) is 3.68. The van der Waals surface area contributed by atoms with Gasteiger partial charge in [-0.05, 0) is 53.9 Å². The van der Waals surface area contributed by atoms with Gasteiger partial charge in [0, 0.05) is 27.8 Å². The SMILES string of the molecule is O=C(/C=C/c1cccs1)NNC(=O)c1ccc(NC(=O)c2ccccc2)cc1. The van der Waals surface area contributed by atoms with Crippen molar-refractivity contribution in [3.05, 3.63) is 94.2 Å². The van der Waals surface area contributed by atoms with Crippen LogP contribution >= 0.6 is 11.3 Å². The van der Waals surface area contributed by atoms with Crippen molar-refractivity contribution in [3.8, 4) is 0 Å². The smallest absolute Gasteiger partial charge is 0.269 e. The summed E-state index contributed by atoms with van der Waals surface area (Å²) in [6, 6.07) is 19.0. The zero-order valence-corrected chi connectivity index (χ0v) is 15.5. The summed E-state index contributed by atoms with van der Waals surface area (Å²) < 4.78 is 0. The monoisotopic (exact) mass is 391 g/mol. The highest BCUT2D eigenvalue weighted by Crippen LogP contribution is 2.12. The van der Waals surface area contributed by atoms with Gasteiger partial charge in [0.1, 0.15) is 0 Å². The van der Waals surface area contributed by atoms with Gasteiger partial charge in [-0.3, -0.25) is 25.2 Å². The first-order valence-corrected chi connectivity index (χ1v) is 9.28. The van der Waals surface area contributed by atoms with Crippen molar-refractivity contribution in [2.24, 2.45) is 0 Å². The van der Waals surface area contributed by atoms with Crippen LogP contribution in [-0.4, -0.2) is 17.7 Å². The maximum absolute atomic E-state index is 12.1. The van der Waals surface area contributed by atoms with Crippen LogP contribution in [0.5, 0.6) is 0 Å². The molecule has 7 heteroatoms. The molecule has 0 bridgehead atoms. The van der Waals surface area contributed by atoms with Gasteiger partial charge in [0.2, 0.25) is 0 Å². The fraction of sp³-hybridized carbons (Fsp3) is 0. The van der Waals surface area contributed by atoms with Crippen LogP contribution in [0.2, 0.25) is 0 Å². The zero-order chi connectivity index (χ0) is 19.8. The van der Waals surface area contributed by atoms with Gasteiger partial charge >= 0.3 is 0 Å². The van der Waals surface area contributed by atoms with Crippen LogP contribution in [-0.2, 0) is 4.79 Å². The Kier molecular flexibility index (Phi) is 6.33. The Morgan fingerprint density at radius 1 is 0.750 bits per heavy atom. The van der Waals surface area contributed by atoms with E-state index in [0.29, 0.717) is 16.8 Å². The number of carbonyl (C=O) groups excluding carboxylic acids is 3. The lowest BCUT2D eigenvalue weighted by molar-refractivity contribution is -0.117. The second-order valence-corrected chi connectivity index (χ2v) is 6.67. The first-order valence-electron chi connectivity index (χ1n) is 8.40. The van der Waals surface area contributed by atoms with Crippen molar-refractivity contribution in [2.45, 2.75) is 0 Å². The number of rotatable bonds is 5. The fourth-order valence-electron chi connectivity index (χ4n) is 2.27. The van der Waals surface area contributed by atoms with Crippen molar-refractivity contribution in [1.29, 1.82) is 0 Å². The van der Waals surface area contributed by atoms with Gasteiger partial charge in [0.05, 0.1) is 0 Å². The molecule has 0 atom stereocenters. The molecule has 0 unspecified atom stereocenters. The number of benzene rings is 2. The molecule has 3 aromatic rings. The summed E-state index contributed by atoms with van der Waals surface area (Å²) in [7, 11) is 0. The van der Waals surface area contributed by atoms with Gasteiger partial charge in [-0.2, -0.15) is 0 Å². The van der Waals surface area contributed by atoms with Crippen LogP contribution in [0.4, 0.5) is 5.69 Å². The average Bonchev–Trinajstić information content (AvgIpc) is 3.25. The van der Waals surface area contributed by atoms with E-state index in [-0.39, 0.29) is 5.91 Å². The Bertz CT molecular complexity index is 982. The highest BCUT2D eigenvalue weighted by Gasteiger charge is 2.08. The predicted octanol–water partition coefficient (Wildman–Crippen LogP) is 3.47.